The van der Waals surface area contributed by atoms with Gasteiger partial charge in [-0.05, 0) is 56.4 Å². The third kappa shape index (κ3) is 2.54. The van der Waals surface area contributed by atoms with Crippen LogP contribution < -0.4 is 0 Å². The van der Waals surface area contributed by atoms with Crippen molar-refractivity contribution in [2.24, 2.45) is 7.05 Å². The van der Waals surface area contributed by atoms with E-state index >= 15 is 0 Å². The summed E-state index contributed by atoms with van der Waals surface area (Å²) in [5.74, 6) is 0.0869. The Morgan fingerprint density at radius 2 is 1.95 bits per heavy atom. The smallest absolute Gasteiger partial charge is 0.272 e. The van der Waals surface area contributed by atoms with Crippen LogP contribution >= 0.6 is 0 Å². The zero-order valence-corrected chi connectivity index (χ0v) is 13.8. The van der Waals surface area contributed by atoms with Crippen molar-refractivity contribution in [3.05, 3.63) is 52.3 Å². The van der Waals surface area contributed by atoms with E-state index in [0.717, 1.165) is 25.1 Å². The molecule has 22 heavy (non-hydrogen) atoms. The molecule has 0 N–H and O–H groups in total. The Kier molecular flexibility index (Phi) is 3.77. The van der Waals surface area contributed by atoms with Crippen LogP contribution in [0, 0.1) is 20.8 Å². The van der Waals surface area contributed by atoms with Gasteiger partial charge in [0.2, 0.25) is 0 Å². The first-order valence-electron chi connectivity index (χ1n) is 7.86. The van der Waals surface area contributed by atoms with E-state index in [0.29, 0.717) is 5.69 Å². The summed E-state index contributed by atoms with van der Waals surface area (Å²) < 4.78 is 1.69. The fourth-order valence-corrected chi connectivity index (χ4v) is 3.29. The first-order valence-corrected chi connectivity index (χ1v) is 7.86. The highest BCUT2D eigenvalue weighted by molar-refractivity contribution is 5.93. The van der Waals surface area contributed by atoms with Crippen LogP contribution in [0.3, 0.4) is 0 Å². The number of benzene rings is 1. The zero-order chi connectivity index (χ0) is 15.9. The third-order valence-corrected chi connectivity index (χ3v) is 4.65. The van der Waals surface area contributed by atoms with Gasteiger partial charge in [-0.2, -0.15) is 5.10 Å². The molecule has 0 spiro atoms. The molecule has 1 aromatic heterocycles. The van der Waals surface area contributed by atoms with Gasteiger partial charge in [-0.1, -0.05) is 18.2 Å². The quantitative estimate of drug-likeness (QED) is 0.853. The second kappa shape index (κ2) is 5.59. The van der Waals surface area contributed by atoms with Crippen LogP contribution in [0.15, 0.2) is 24.3 Å². The second-order valence-corrected chi connectivity index (χ2v) is 6.29. The molecular weight excluding hydrogens is 274 g/mol. The lowest BCUT2D eigenvalue weighted by atomic mass is 9.99. The molecule has 0 aliphatic carbocycles. The number of aromatic nitrogens is 2. The predicted molar refractivity (Wildman–Crippen MR) is 86.9 cm³/mol. The molecule has 2 aromatic rings. The molecule has 2 heterocycles. The normalized spacial score (nSPS) is 18.0. The number of hydrogen-bond donors (Lipinski definition) is 0. The largest absolute Gasteiger partial charge is 0.330 e. The Bertz CT molecular complexity index is 717. The molecule has 1 atom stereocenters. The van der Waals surface area contributed by atoms with Crippen molar-refractivity contribution in [2.45, 2.75) is 39.7 Å². The maximum absolute atomic E-state index is 12.9. The molecule has 1 unspecified atom stereocenters. The number of nitrogens with zero attached hydrogens (tertiary/aromatic N) is 3. The van der Waals surface area contributed by atoms with Crippen molar-refractivity contribution in [2.75, 3.05) is 6.54 Å². The molecule has 116 valence electrons. The lowest BCUT2D eigenvalue weighted by Gasteiger charge is -2.25. The SMILES string of the molecule is Cc1cc(C(=O)N2CCCC2c2ccc(C)c(C)c2)n(C)n1. The van der Waals surface area contributed by atoms with Gasteiger partial charge in [0.25, 0.3) is 5.91 Å². The summed E-state index contributed by atoms with van der Waals surface area (Å²) >= 11 is 0. The molecule has 3 rings (SSSR count). The average molecular weight is 297 g/mol. The number of likely N-dealkylation sites (tertiary alicyclic amines) is 1. The van der Waals surface area contributed by atoms with Crippen LogP contribution in [-0.4, -0.2) is 27.1 Å². The number of hydrogen-bond acceptors (Lipinski definition) is 2. The molecule has 1 saturated heterocycles. The Balaban J connectivity index is 1.91. The summed E-state index contributed by atoms with van der Waals surface area (Å²) in [6.07, 6.45) is 2.09. The minimum Gasteiger partial charge on any atom is -0.330 e. The molecule has 1 aromatic carbocycles. The molecule has 1 amide bonds. The van der Waals surface area contributed by atoms with Crippen molar-refractivity contribution < 1.29 is 4.79 Å². The van der Waals surface area contributed by atoms with E-state index < -0.39 is 0 Å². The molecular formula is C18H23N3O. The van der Waals surface area contributed by atoms with Gasteiger partial charge in [0, 0.05) is 13.6 Å². The van der Waals surface area contributed by atoms with Crippen LogP contribution in [0.4, 0.5) is 0 Å². The lowest BCUT2D eigenvalue weighted by Crippen LogP contribution is -2.32. The van der Waals surface area contributed by atoms with Gasteiger partial charge in [-0.15, -0.1) is 0 Å². The molecule has 0 bridgehead atoms. The van der Waals surface area contributed by atoms with Crippen LogP contribution in [0.1, 0.15) is 51.8 Å². The van der Waals surface area contributed by atoms with E-state index in [9.17, 15) is 4.79 Å². The molecule has 0 saturated carbocycles. The molecule has 1 aliphatic heterocycles. The highest BCUT2D eigenvalue weighted by Crippen LogP contribution is 2.33. The lowest BCUT2D eigenvalue weighted by molar-refractivity contribution is 0.0724. The van der Waals surface area contributed by atoms with Crippen LogP contribution in [-0.2, 0) is 7.05 Å². The summed E-state index contributed by atoms with van der Waals surface area (Å²) in [4.78, 5) is 14.9. The van der Waals surface area contributed by atoms with Gasteiger partial charge >= 0.3 is 0 Å². The van der Waals surface area contributed by atoms with E-state index in [1.54, 1.807) is 4.68 Å². The van der Waals surface area contributed by atoms with Gasteiger partial charge in [-0.25, -0.2) is 0 Å². The minimum absolute atomic E-state index is 0.0869. The number of rotatable bonds is 2. The van der Waals surface area contributed by atoms with Gasteiger partial charge in [0.15, 0.2) is 0 Å². The number of amides is 1. The second-order valence-electron chi connectivity index (χ2n) is 6.29. The Labute approximate surface area is 131 Å². The first-order chi connectivity index (χ1) is 10.5. The summed E-state index contributed by atoms with van der Waals surface area (Å²) in [5, 5.41) is 4.30. The summed E-state index contributed by atoms with van der Waals surface area (Å²) in [6.45, 7) is 6.99. The highest BCUT2D eigenvalue weighted by atomic mass is 16.2. The van der Waals surface area contributed by atoms with E-state index in [1.807, 2.05) is 24.9 Å². The van der Waals surface area contributed by atoms with E-state index in [-0.39, 0.29) is 11.9 Å². The van der Waals surface area contributed by atoms with E-state index in [4.69, 9.17) is 0 Å². The molecule has 1 fully saturated rings. The van der Waals surface area contributed by atoms with Crippen LogP contribution in [0.25, 0.3) is 0 Å². The Morgan fingerprint density at radius 1 is 1.18 bits per heavy atom. The number of aryl methyl sites for hydroxylation is 4. The summed E-state index contributed by atoms with van der Waals surface area (Å²) in [7, 11) is 1.83. The van der Waals surface area contributed by atoms with Crippen molar-refractivity contribution in [1.29, 1.82) is 0 Å². The average Bonchev–Trinajstić information content (AvgIpc) is 3.07. The zero-order valence-electron chi connectivity index (χ0n) is 13.8. The van der Waals surface area contributed by atoms with Gasteiger partial charge in [-0.3, -0.25) is 9.48 Å². The van der Waals surface area contributed by atoms with Gasteiger partial charge in [0.05, 0.1) is 11.7 Å². The fraction of sp³-hybridized carbons (Fsp3) is 0.444. The maximum atomic E-state index is 12.9. The van der Waals surface area contributed by atoms with Crippen molar-refractivity contribution in [3.63, 3.8) is 0 Å². The monoisotopic (exact) mass is 297 g/mol. The Hall–Kier alpha value is -2.10. The highest BCUT2D eigenvalue weighted by Gasteiger charge is 2.32. The van der Waals surface area contributed by atoms with Crippen LogP contribution in [0.5, 0.6) is 0 Å². The fourth-order valence-electron chi connectivity index (χ4n) is 3.29. The summed E-state index contributed by atoms with van der Waals surface area (Å²) in [6, 6.07) is 8.59. The van der Waals surface area contributed by atoms with Crippen molar-refractivity contribution in [1.82, 2.24) is 14.7 Å². The topological polar surface area (TPSA) is 38.1 Å². The third-order valence-electron chi connectivity index (χ3n) is 4.65. The van der Waals surface area contributed by atoms with Crippen LogP contribution in [0.2, 0.25) is 0 Å². The van der Waals surface area contributed by atoms with E-state index in [1.165, 1.54) is 16.7 Å². The predicted octanol–water partition coefficient (Wildman–Crippen LogP) is 3.32. The molecule has 1 aliphatic rings. The minimum atomic E-state index is 0.0869. The standard InChI is InChI=1S/C18H23N3O/c1-12-7-8-15(10-13(12)2)16-6-5-9-21(16)18(22)17-11-14(3)19-20(17)4/h7-8,10-11,16H,5-6,9H2,1-4H3. The van der Waals surface area contributed by atoms with Crippen molar-refractivity contribution in [3.8, 4) is 0 Å². The maximum Gasteiger partial charge on any atom is 0.272 e. The van der Waals surface area contributed by atoms with Gasteiger partial charge in [0.1, 0.15) is 5.69 Å². The first kappa shape index (κ1) is 14.8. The van der Waals surface area contributed by atoms with Crippen molar-refractivity contribution >= 4 is 5.91 Å². The molecule has 4 heteroatoms. The summed E-state index contributed by atoms with van der Waals surface area (Å²) in [5.41, 5.74) is 5.38. The molecule has 4 nitrogen and oxygen atoms in total. The Morgan fingerprint density at radius 3 is 2.59 bits per heavy atom. The van der Waals surface area contributed by atoms with E-state index in [2.05, 4.69) is 37.1 Å². The van der Waals surface area contributed by atoms with Gasteiger partial charge < -0.3 is 4.90 Å². The number of carbonyl (C=O) groups is 1. The number of carbonyl (C=O) groups excluding carboxylic acids is 1. The molecule has 0 radical (unpaired) electrons.